The van der Waals surface area contributed by atoms with Crippen molar-refractivity contribution in [2.24, 2.45) is 5.73 Å². The molecule has 0 aliphatic carbocycles. The second-order valence-corrected chi connectivity index (χ2v) is 7.57. The summed E-state index contributed by atoms with van der Waals surface area (Å²) < 4.78 is 0. The number of benzene rings is 2. The minimum Gasteiger partial charge on any atom is -0.480 e. The first-order valence-electron chi connectivity index (χ1n) is 9.28. The van der Waals surface area contributed by atoms with Crippen LogP contribution in [0.2, 0.25) is 5.02 Å². The van der Waals surface area contributed by atoms with Gasteiger partial charge >= 0.3 is 5.97 Å². The Bertz CT molecular complexity index is 864. The lowest BCUT2D eigenvalue weighted by atomic mass is 10.0. The minimum atomic E-state index is -1.17. The number of amides is 2. The molecule has 0 saturated heterocycles. The first-order valence-corrected chi connectivity index (χ1v) is 10.3. The quantitative estimate of drug-likeness (QED) is 0.351. The van der Waals surface area contributed by atoms with Crippen molar-refractivity contribution < 1.29 is 19.5 Å². The van der Waals surface area contributed by atoms with Crippen LogP contribution in [0.15, 0.2) is 54.6 Å². The molecule has 0 fully saturated rings. The standard InChI is InChI=1S/C21H24ClN3O4S/c22-15-8-6-14(7-9-15)10-17(24-19(26)16(23)12-30)20(27)25-18(21(28)29)11-13-4-2-1-3-5-13/h1-9,16-18,30H,10-12,23H2,(H,24,26)(H,25,27)(H,28,29)/t16-,17+,18-/m1/s1. The van der Waals surface area contributed by atoms with E-state index < -0.39 is 35.9 Å². The number of aliphatic carboxylic acids is 1. The van der Waals surface area contributed by atoms with Crippen molar-refractivity contribution in [1.29, 1.82) is 0 Å². The molecule has 0 aliphatic heterocycles. The summed E-state index contributed by atoms with van der Waals surface area (Å²) in [4.78, 5) is 36.8. The lowest BCUT2D eigenvalue weighted by Crippen LogP contribution is -2.55. The Morgan fingerprint density at radius 3 is 2.00 bits per heavy atom. The fourth-order valence-electron chi connectivity index (χ4n) is 2.75. The molecule has 0 heterocycles. The molecule has 2 aromatic carbocycles. The molecule has 30 heavy (non-hydrogen) atoms. The highest BCUT2D eigenvalue weighted by Gasteiger charge is 2.28. The molecule has 0 saturated carbocycles. The smallest absolute Gasteiger partial charge is 0.326 e. The van der Waals surface area contributed by atoms with Gasteiger partial charge in [0.2, 0.25) is 11.8 Å². The first-order chi connectivity index (χ1) is 14.3. The Morgan fingerprint density at radius 2 is 1.43 bits per heavy atom. The van der Waals surface area contributed by atoms with Crippen LogP contribution in [-0.4, -0.2) is 46.8 Å². The highest BCUT2D eigenvalue weighted by atomic mass is 35.5. The number of rotatable bonds is 10. The molecule has 0 aromatic heterocycles. The Kier molecular flexibility index (Phi) is 9.16. The number of carbonyl (C=O) groups excluding carboxylic acids is 2. The fourth-order valence-corrected chi connectivity index (χ4v) is 3.04. The number of halogens is 1. The molecule has 160 valence electrons. The Hall–Kier alpha value is -2.55. The highest BCUT2D eigenvalue weighted by Crippen LogP contribution is 2.12. The average molecular weight is 450 g/mol. The van der Waals surface area contributed by atoms with Crippen molar-refractivity contribution in [1.82, 2.24) is 10.6 Å². The van der Waals surface area contributed by atoms with Crippen molar-refractivity contribution in [3.63, 3.8) is 0 Å². The molecule has 7 nitrogen and oxygen atoms in total. The normalized spacial score (nSPS) is 13.7. The van der Waals surface area contributed by atoms with Gasteiger partial charge in [-0.2, -0.15) is 12.6 Å². The average Bonchev–Trinajstić information content (AvgIpc) is 2.74. The third kappa shape index (κ3) is 7.37. The van der Waals surface area contributed by atoms with Crippen molar-refractivity contribution in [2.45, 2.75) is 31.0 Å². The summed E-state index contributed by atoms with van der Waals surface area (Å²) in [5, 5.41) is 15.2. The Balaban J connectivity index is 2.17. The van der Waals surface area contributed by atoms with Crippen LogP contribution in [0.5, 0.6) is 0 Å². The van der Waals surface area contributed by atoms with E-state index in [-0.39, 0.29) is 18.6 Å². The van der Waals surface area contributed by atoms with Gasteiger partial charge in [0, 0.05) is 23.6 Å². The number of hydrogen-bond donors (Lipinski definition) is 5. The van der Waals surface area contributed by atoms with Gasteiger partial charge in [-0.1, -0.05) is 54.1 Å². The number of nitrogens with two attached hydrogens (primary N) is 1. The van der Waals surface area contributed by atoms with E-state index in [2.05, 4.69) is 23.3 Å². The monoisotopic (exact) mass is 449 g/mol. The van der Waals surface area contributed by atoms with E-state index in [0.717, 1.165) is 11.1 Å². The first kappa shape index (κ1) is 23.7. The molecule has 2 rings (SSSR count). The highest BCUT2D eigenvalue weighted by molar-refractivity contribution is 7.80. The van der Waals surface area contributed by atoms with Crippen LogP contribution in [0.25, 0.3) is 0 Å². The van der Waals surface area contributed by atoms with Crippen molar-refractivity contribution in [3.8, 4) is 0 Å². The SMILES string of the molecule is N[C@H](CS)C(=O)N[C@@H](Cc1ccc(Cl)cc1)C(=O)N[C@H](Cc1ccccc1)C(=O)O. The number of carboxylic acids is 1. The molecule has 2 amide bonds. The van der Waals surface area contributed by atoms with Gasteiger partial charge in [-0.3, -0.25) is 9.59 Å². The maximum Gasteiger partial charge on any atom is 0.326 e. The van der Waals surface area contributed by atoms with Crippen LogP contribution in [0.1, 0.15) is 11.1 Å². The molecule has 0 bridgehead atoms. The van der Waals surface area contributed by atoms with E-state index in [0.29, 0.717) is 5.02 Å². The zero-order valence-corrected chi connectivity index (χ0v) is 17.8. The summed E-state index contributed by atoms with van der Waals surface area (Å²) in [6.45, 7) is 0. The summed E-state index contributed by atoms with van der Waals surface area (Å²) >= 11 is 9.90. The molecule has 3 atom stereocenters. The van der Waals surface area contributed by atoms with Crippen LogP contribution in [0.3, 0.4) is 0 Å². The number of nitrogens with one attached hydrogen (secondary N) is 2. The van der Waals surface area contributed by atoms with Gasteiger partial charge in [0.1, 0.15) is 12.1 Å². The Labute approximate surface area is 185 Å². The van der Waals surface area contributed by atoms with Gasteiger partial charge in [0.15, 0.2) is 0 Å². The zero-order chi connectivity index (χ0) is 22.1. The van der Waals surface area contributed by atoms with E-state index >= 15 is 0 Å². The topological polar surface area (TPSA) is 122 Å². The largest absolute Gasteiger partial charge is 0.480 e. The van der Waals surface area contributed by atoms with Crippen molar-refractivity contribution in [3.05, 3.63) is 70.7 Å². The predicted octanol–water partition coefficient (Wildman–Crippen LogP) is 1.44. The molecule has 9 heteroatoms. The zero-order valence-electron chi connectivity index (χ0n) is 16.1. The second-order valence-electron chi connectivity index (χ2n) is 6.77. The molecular weight excluding hydrogens is 426 g/mol. The van der Waals surface area contributed by atoms with E-state index in [1.165, 1.54) is 0 Å². The van der Waals surface area contributed by atoms with Crippen LogP contribution >= 0.6 is 24.2 Å². The molecule has 0 radical (unpaired) electrons. The third-order valence-corrected chi connectivity index (χ3v) is 5.06. The van der Waals surface area contributed by atoms with E-state index in [4.69, 9.17) is 17.3 Å². The molecular formula is C21H24ClN3O4S. The summed E-state index contributed by atoms with van der Waals surface area (Å²) in [6, 6.07) is 12.7. The number of thiol groups is 1. The summed E-state index contributed by atoms with van der Waals surface area (Å²) in [7, 11) is 0. The maximum atomic E-state index is 12.9. The molecule has 0 spiro atoms. The third-order valence-electron chi connectivity index (χ3n) is 4.42. The van der Waals surface area contributed by atoms with E-state index in [1.807, 2.05) is 6.07 Å². The molecule has 0 aliphatic rings. The van der Waals surface area contributed by atoms with Gasteiger partial charge < -0.3 is 21.5 Å². The summed E-state index contributed by atoms with van der Waals surface area (Å²) in [6.07, 6.45) is 0.255. The van der Waals surface area contributed by atoms with Gasteiger partial charge in [-0.25, -0.2) is 4.79 Å². The van der Waals surface area contributed by atoms with Crippen LogP contribution in [0, 0.1) is 0 Å². The van der Waals surface area contributed by atoms with Gasteiger partial charge in [-0.05, 0) is 23.3 Å². The summed E-state index contributed by atoms with van der Waals surface area (Å²) in [5.41, 5.74) is 7.21. The van der Waals surface area contributed by atoms with E-state index in [9.17, 15) is 19.5 Å². The van der Waals surface area contributed by atoms with Gasteiger partial charge in [0.05, 0.1) is 6.04 Å². The Morgan fingerprint density at radius 1 is 0.900 bits per heavy atom. The minimum absolute atomic E-state index is 0.104. The van der Waals surface area contributed by atoms with Crippen LogP contribution in [0.4, 0.5) is 0 Å². The lowest BCUT2D eigenvalue weighted by Gasteiger charge is -2.23. The molecule has 2 aromatic rings. The number of carbonyl (C=O) groups is 3. The number of carboxylic acid groups (broad SMARTS) is 1. The number of hydrogen-bond acceptors (Lipinski definition) is 5. The van der Waals surface area contributed by atoms with Gasteiger partial charge in [-0.15, -0.1) is 0 Å². The van der Waals surface area contributed by atoms with E-state index in [1.54, 1.807) is 48.5 Å². The van der Waals surface area contributed by atoms with Crippen LogP contribution < -0.4 is 16.4 Å². The predicted molar refractivity (Wildman–Crippen MR) is 119 cm³/mol. The lowest BCUT2D eigenvalue weighted by molar-refractivity contribution is -0.142. The second kappa shape index (κ2) is 11.6. The van der Waals surface area contributed by atoms with Crippen LogP contribution in [-0.2, 0) is 27.2 Å². The maximum absolute atomic E-state index is 12.9. The fraction of sp³-hybridized carbons (Fsp3) is 0.286. The molecule has 5 N–H and O–H groups in total. The molecule has 0 unspecified atom stereocenters. The van der Waals surface area contributed by atoms with Crippen molar-refractivity contribution >= 4 is 42.0 Å². The van der Waals surface area contributed by atoms with Crippen molar-refractivity contribution in [2.75, 3.05) is 5.75 Å². The van der Waals surface area contributed by atoms with Gasteiger partial charge in [0.25, 0.3) is 0 Å². The summed E-state index contributed by atoms with van der Waals surface area (Å²) in [5.74, 6) is -2.23.